The lowest BCUT2D eigenvalue weighted by molar-refractivity contribution is 0.122. The number of anilines is 3. The van der Waals surface area contributed by atoms with Gasteiger partial charge in [-0.3, -0.25) is 9.38 Å². The molecule has 2 aromatic carbocycles. The maximum atomic E-state index is 9.22. The highest BCUT2D eigenvalue weighted by molar-refractivity contribution is 6.04. The van der Waals surface area contributed by atoms with Gasteiger partial charge in [-0.2, -0.15) is 0 Å². The minimum atomic E-state index is 0.749. The van der Waals surface area contributed by atoms with Gasteiger partial charge in [-0.1, -0.05) is 23.4 Å². The van der Waals surface area contributed by atoms with Crippen molar-refractivity contribution in [3.8, 4) is 11.3 Å². The average molecular weight is 441 g/mol. The Morgan fingerprint density at radius 3 is 2.70 bits per heavy atom. The Hall–Kier alpha value is -3.91. The van der Waals surface area contributed by atoms with Crippen molar-refractivity contribution in [2.45, 2.75) is 12.8 Å². The van der Waals surface area contributed by atoms with E-state index in [2.05, 4.69) is 50.7 Å². The first kappa shape index (κ1) is 19.8. The monoisotopic (exact) mass is 440 g/mol. The van der Waals surface area contributed by atoms with Gasteiger partial charge in [0.15, 0.2) is 5.65 Å². The van der Waals surface area contributed by atoms with E-state index < -0.39 is 0 Å². The van der Waals surface area contributed by atoms with Crippen molar-refractivity contribution < 1.29 is 9.94 Å². The van der Waals surface area contributed by atoms with Crippen LogP contribution in [-0.2, 0) is 11.2 Å². The van der Waals surface area contributed by atoms with Gasteiger partial charge in [0.25, 0.3) is 0 Å². The van der Waals surface area contributed by atoms with E-state index in [0.29, 0.717) is 0 Å². The van der Waals surface area contributed by atoms with Crippen LogP contribution in [0.5, 0.6) is 0 Å². The molecule has 2 N–H and O–H groups in total. The molecule has 3 heterocycles. The third-order valence-electron chi connectivity index (χ3n) is 6.38. The van der Waals surface area contributed by atoms with Crippen molar-refractivity contribution in [3.63, 3.8) is 0 Å². The van der Waals surface area contributed by atoms with Crippen LogP contribution >= 0.6 is 0 Å². The maximum Gasteiger partial charge on any atom is 0.157 e. The Morgan fingerprint density at radius 1 is 1.03 bits per heavy atom. The van der Waals surface area contributed by atoms with E-state index in [1.165, 1.54) is 11.3 Å². The number of rotatable bonds is 4. The number of nitrogens with one attached hydrogen (secondary N) is 1. The number of ether oxygens (including phenoxy) is 1. The van der Waals surface area contributed by atoms with Crippen molar-refractivity contribution in [2.75, 3.05) is 36.5 Å². The molecule has 2 aliphatic rings. The van der Waals surface area contributed by atoms with Gasteiger partial charge in [0.05, 0.1) is 25.1 Å². The Balaban J connectivity index is 1.37. The summed E-state index contributed by atoms with van der Waals surface area (Å²) in [5, 5.41) is 16.2. The summed E-state index contributed by atoms with van der Waals surface area (Å²) in [7, 11) is 0. The molecule has 6 rings (SSSR count). The quantitative estimate of drug-likeness (QED) is 0.367. The summed E-state index contributed by atoms with van der Waals surface area (Å²) in [5.41, 5.74) is 7.80. The molecular formula is C25H24N6O2. The predicted octanol–water partition coefficient (Wildman–Crippen LogP) is 4.10. The topological polar surface area (TPSA) is 87.3 Å². The minimum Gasteiger partial charge on any atom is -0.411 e. The summed E-state index contributed by atoms with van der Waals surface area (Å²) in [4.78, 5) is 11.5. The molecule has 1 saturated heterocycles. The number of morpholine rings is 1. The van der Waals surface area contributed by atoms with Crippen LogP contribution < -0.4 is 10.2 Å². The third-order valence-corrected chi connectivity index (χ3v) is 6.38. The highest BCUT2D eigenvalue weighted by Crippen LogP contribution is 2.33. The molecule has 2 aromatic heterocycles. The number of aromatic nitrogens is 3. The van der Waals surface area contributed by atoms with E-state index in [1.807, 2.05) is 22.7 Å². The smallest absolute Gasteiger partial charge is 0.157 e. The van der Waals surface area contributed by atoms with E-state index in [1.54, 1.807) is 12.4 Å². The Labute approximate surface area is 191 Å². The highest BCUT2D eigenvalue weighted by Gasteiger charge is 2.20. The molecular weight excluding hydrogens is 416 g/mol. The Morgan fingerprint density at radius 2 is 1.88 bits per heavy atom. The summed E-state index contributed by atoms with van der Waals surface area (Å²) in [6.45, 7) is 3.35. The van der Waals surface area contributed by atoms with Gasteiger partial charge < -0.3 is 20.2 Å². The lowest BCUT2D eigenvalue weighted by Crippen LogP contribution is -2.36. The average Bonchev–Trinajstić information content (AvgIpc) is 3.46. The van der Waals surface area contributed by atoms with Crippen molar-refractivity contribution in [1.82, 2.24) is 14.4 Å². The Bertz CT molecular complexity index is 1340. The van der Waals surface area contributed by atoms with Gasteiger partial charge >= 0.3 is 0 Å². The molecule has 1 fully saturated rings. The first-order valence-corrected chi connectivity index (χ1v) is 11.2. The maximum absolute atomic E-state index is 9.22. The van der Waals surface area contributed by atoms with Crippen LogP contribution in [0.15, 0.2) is 66.2 Å². The molecule has 0 atom stereocenters. The van der Waals surface area contributed by atoms with Crippen LogP contribution in [0.25, 0.3) is 16.9 Å². The standard InChI is InChI=1S/C25H24N6O2/c32-29-22-8-3-18-15-19(4-7-21(18)22)27-25-24(28-23-16-26-9-10-31(23)25)17-1-5-20(6-2-17)30-11-13-33-14-12-30/h1-2,4-7,9-10,15-16,27,32H,3,8,11-14H2/b29-22+. The minimum absolute atomic E-state index is 0.749. The molecule has 1 aliphatic carbocycles. The van der Waals surface area contributed by atoms with E-state index in [-0.39, 0.29) is 0 Å². The lowest BCUT2D eigenvalue weighted by Gasteiger charge is -2.28. The fourth-order valence-electron chi connectivity index (χ4n) is 4.67. The van der Waals surface area contributed by atoms with Crippen molar-refractivity contribution in [1.29, 1.82) is 0 Å². The predicted molar refractivity (Wildman–Crippen MR) is 128 cm³/mol. The molecule has 0 spiro atoms. The van der Waals surface area contributed by atoms with Gasteiger partial charge in [-0.15, -0.1) is 0 Å². The number of benzene rings is 2. The van der Waals surface area contributed by atoms with Gasteiger partial charge in [0.1, 0.15) is 11.5 Å². The molecule has 8 heteroatoms. The zero-order chi connectivity index (χ0) is 22.2. The van der Waals surface area contributed by atoms with Crippen LogP contribution in [0.3, 0.4) is 0 Å². The molecule has 166 valence electrons. The number of oxime groups is 1. The molecule has 4 aromatic rings. The van der Waals surface area contributed by atoms with Crippen molar-refractivity contribution >= 4 is 28.6 Å². The van der Waals surface area contributed by atoms with E-state index in [4.69, 9.17) is 9.72 Å². The molecule has 0 unspecified atom stereocenters. The normalized spacial score (nSPS) is 17.0. The van der Waals surface area contributed by atoms with Crippen molar-refractivity contribution in [2.24, 2.45) is 5.16 Å². The van der Waals surface area contributed by atoms with Crippen LogP contribution in [0.4, 0.5) is 17.2 Å². The molecule has 8 nitrogen and oxygen atoms in total. The third kappa shape index (κ3) is 3.58. The van der Waals surface area contributed by atoms with Crippen molar-refractivity contribution in [3.05, 3.63) is 72.2 Å². The van der Waals surface area contributed by atoms with E-state index in [9.17, 15) is 5.21 Å². The first-order valence-electron chi connectivity index (χ1n) is 11.2. The van der Waals surface area contributed by atoms with Crippen LogP contribution in [0, 0.1) is 0 Å². The molecule has 33 heavy (non-hydrogen) atoms. The van der Waals surface area contributed by atoms with Gasteiger partial charge in [0.2, 0.25) is 0 Å². The molecule has 0 bridgehead atoms. The zero-order valence-corrected chi connectivity index (χ0v) is 18.1. The first-order chi connectivity index (χ1) is 16.3. The van der Waals surface area contributed by atoms with Gasteiger partial charge in [-0.25, -0.2) is 4.98 Å². The number of nitrogens with zero attached hydrogens (tertiary/aromatic N) is 5. The van der Waals surface area contributed by atoms with Gasteiger partial charge in [0, 0.05) is 48.0 Å². The number of aryl methyl sites for hydroxylation is 1. The van der Waals surface area contributed by atoms with E-state index in [0.717, 1.165) is 78.8 Å². The second-order valence-corrected chi connectivity index (χ2v) is 8.30. The fourth-order valence-corrected chi connectivity index (χ4v) is 4.67. The fraction of sp³-hybridized carbons (Fsp3) is 0.240. The summed E-state index contributed by atoms with van der Waals surface area (Å²) >= 11 is 0. The molecule has 0 radical (unpaired) electrons. The summed E-state index contributed by atoms with van der Waals surface area (Å²) < 4.78 is 7.49. The second kappa shape index (κ2) is 8.22. The Kier molecular flexibility index (Phi) is 4.92. The van der Waals surface area contributed by atoms with Gasteiger partial charge in [-0.05, 0) is 42.7 Å². The number of hydrogen-bond acceptors (Lipinski definition) is 7. The second-order valence-electron chi connectivity index (χ2n) is 8.30. The summed E-state index contributed by atoms with van der Waals surface area (Å²) in [6.07, 6.45) is 7.08. The van der Waals surface area contributed by atoms with E-state index >= 15 is 0 Å². The zero-order valence-electron chi connectivity index (χ0n) is 18.1. The molecule has 1 aliphatic heterocycles. The SMILES string of the molecule is O/N=C1\CCc2cc(Nc3c(-c4ccc(N5CCOCC5)cc4)nc4cnccn34)ccc21. The largest absolute Gasteiger partial charge is 0.411 e. The number of imidazole rings is 1. The van der Waals surface area contributed by atoms with Crippen LogP contribution in [0.1, 0.15) is 17.5 Å². The van der Waals surface area contributed by atoms with Crippen LogP contribution in [0.2, 0.25) is 0 Å². The summed E-state index contributed by atoms with van der Waals surface area (Å²) in [6, 6.07) is 14.7. The number of fused-ring (bicyclic) bond motifs is 2. The van der Waals surface area contributed by atoms with Crippen LogP contribution in [-0.4, -0.2) is 51.6 Å². The summed E-state index contributed by atoms with van der Waals surface area (Å²) in [5.74, 6) is 0.889. The highest BCUT2D eigenvalue weighted by atomic mass is 16.5. The molecule has 0 amide bonds. The number of hydrogen-bond donors (Lipinski definition) is 2. The lowest BCUT2D eigenvalue weighted by atomic mass is 10.1. The molecule has 0 saturated carbocycles.